The molecule has 1 atom stereocenters. The quantitative estimate of drug-likeness (QED) is 0.780. The zero-order valence-electron chi connectivity index (χ0n) is 10.6. The van der Waals surface area contributed by atoms with Crippen molar-refractivity contribution < 1.29 is 4.79 Å². The van der Waals surface area contributed by atoms with Crippen molar-refractivity contribution in [2.24, 2.45) is 11.7 Å². The van der Waals surface area contributed by atoms with Crippen molar-refractivity contribution in [2.75, 3.05) is 25.4 Å². The van der Waals surface area contributed by atoms with Gasteiger partial charge >= 0.3 is 0 Å². The average molecular weight is 247 g/mol. The number of hydrogen-bond donors (Lipinski definition) is 2. The molecule has 1 aromatic carbocycles. The summed E-state index contributed by atoms with van der Waals surface area (Å²) >= 11 is 0. The van der Waals surface area contributed by atoms with E-state index in [0.29, 0.717) is 0 Å². The third kappa shape index (κ3) is 3.23. The molecule has 4 heteroatoms. The summed E-state index contributed by atoms with van der Waals surface area (Å²) in [6, 6.07) is 7.94. The van der Waals surface area contributed by atoms with Crippen molar-refractivity contribution in [1.82, 2.24) is 4.90 Å². The molecule has 1 saturated heterocycles. The molecule has 0 radical (unpaired) electrons. The van der Waals surface area contributed by atoms with E-state index in [9.17, 15) is 4.79 Å². The first kappa shape index (κ1) is 12.9. The van der Waals surface area contributed by atoms with E-state index in [1.54, 1.807) is 0 Å². The number of para-hydroxylation sites is 1. The summed E-state index contributed by atoms with van der Waals surface area (Å²) in [5.41, 5.74) is 13.3. The van der Waals surface area contributed by atoms with Crippen molar-refractivity contribution in [3.63, 3.8) is 0 Å². The largest absolute Gasteiger partial charge is 0.399 e. The van der Waals surface area contributed by atoms with E-state index in [2.05, 4.69) is 11.0 Å². The van der Waals surface area contributed by atoms with E-state index in [1.165, 1.54) is 5.56 Å². The molecule has 0 bridgehead atoms. The second-order valence-corrected chi connectivity index (χ2v) is 4.99. The molecule has 1 aliphatic heterocycles. The smallest absolute Gasteiger partial charge is 0.221 e. The highest BCUT2D eigenvalue weighted by Crippen LogP contribution is 2.17. The molecule has 0 aliphatic carbocycles. The number of hydrogen-bond acceptors (Lipinski definition) is 3. The van der Waals surface area contributed by atoms with Crippen molar-refractivity contribution in [3.8, 4) is 0 Å². The number of nitrogens with two attached hydrogens (primary N) is 2. The van der Waals surface area contributed by atoms with Gasteiger partial charge in [-0.1, -0.05) is 18.2 Å². The van der Waals surface area contributed by atoms with Gasteiger partial charge in [-0.2, -0.15) is 0 Å². The molecule has 0 saturated carbocycles. The first-order valence-corrected chi connectivity index (χ1v) is 6.52. The lowest BCUT2D eigenvalue weighted by Gasteiger charge is -2.31. The highest BCUT2D eigenvalue weighted by atomic mass is 16.1. The van der Waals surface area contributed by atoms with Crippen LogP contribution in [0.25, 0.3) is 0 Å². The number of carbonyl (C=O) groups excluding carboxylic acids is 1. The Labute approximate surface area is 108 Å². The van der Waals surface area contributed by atoms with E-state index in [4.69, 9.17) is 11.5 Å². The van der Waals surface area contributed by atoms with Gasteiger partial charge in [-0.25, -0.2) is 0 Å². The van der Waals surface area contributed by atoms with Crippen LogP contribution in [0.5, 0.6) is 0 Å². The van der Waals surface area contributed by atoms with Crippen LogP contribution in [0.3, 0.4) is 0 Å². The SMILES string of the molecule is NC(=O)C1CCCN(CCc2ccccc2N)C1. The number of nitrogens with zero attached hydrogens (tertiary/aromatic N) is 1. The molecule has 1 aliphatic rings. The summed E-state index contributed by atoms with van der Waals surface area (Å²) < 4.78 is 0. The molecule has 0 aromatic heterocycles. The summed E-state index contributed by atoms with van der Waals surface area (Å²) in [5, 5.41) is 0. The Kier molecular flexibility index (Phi) is 4.20. The number of benzene rings is 1. The first-order chi connectivity index (χ1) is 8.66. The highest BCUT2D eigenvalue weighted by molar-refractivity contribution is 5.76. The molecule has 1 aromatic rings. The van der Waals surface area contributed by atoms with Crippen molar-refractivity contribution in [3.05, 3.63) is 29.8 Å². The Bertz CT molecular complexity index is 419. The summed E-state index contributed by atoms with van der Waals surface area (Å²) in [5.74, 6) is -0.147. The molecule has 0 spiro atoms. The second kappa shape index (κ2) is 5.87. The topological polar surface area (TPSA) is 72.4 Å². The maximum absolute atomic E-state index is 11.2. The van der Waals surface area contributed by atoms with E-state index in [0.717, 1.165) is 44.6 Å². The van der Waals surface area contributed by atoms with E-state index < -0.39 is 0 Å². The van der Waals surface area contributed by atoms with Crippen LogP contribution in [0.15, 0.2) is 24.3 Å². The predicted molar refractivity (Wildman–Crippen MR) is 72.9 cm³/mol. The minimum absolute atomic E-state index is 0.0203. The molecule has 98 valence electrons. The second-order valence-electron chi connectivity index (χ2n) is 4.99. The molecular weight excluding hydrogens is 226 g/mol. The number of piperidine rings is 1. The molecule has 4 N–H and O–H groups in total. The van der Waals surface area contributed by atoms with Gasteiger partial charge in [0, 0.05) is 18.8 Å². The first-order valence-electron chi connectivity index (χ1n) is 6.52. The normalized spacial score (nSPS) is 20.8. The lowest BCUT2D eigenvalue weighted by molar-refractivity contribution is -0.123. The van der Waals surface area contributed by atoms with Gasteiger partial charge in [0.15, 0.2) is 0 Å². The lowest BCUT2D eigenvalue weighted by atomic mass is 9.97. The Morgan fingerprint density at radius 3 is 2.89 bits per heavy atom. The summed E-state index contributed by atoms with van der Waals surface area (Å²) in [6.45, 7) is 2.79. The number of carbonyl (C=O) groups is 1. The minimum Gasteiger partial charge on any atom is -0.399 e. The number of likely N-dealkylation sites (tertiary alicyclic amines) is 1. The number of rotatable bonds is 4. The molecule has 4 nitrogen and oxygen atoms in total. The fraction of sp³-hybridized carbons (Fsp3) is 0.500. The van der Waals surface area contributed by atoms with E-state index in [1.807, 2.05) is 18.2 Å². The third-order valence-electron chi connectivity index (χ3n) is 3.66. The number of primary amides is 1. The maximum atomic E-state index is 11.2. The molecule has 18 heavy (non-hydrogen) atoms. The van der Waals surface area contributed by atoms with Gasteiger partial charge < -0.3 is 16.4 Å². The molecule has 1 unspecified atom stereocenters. The molecule has 1 amide bonds. The van der Waals surface area contributed by atoms with Crippen molar-refractivity contribution in [2.45, 2.75) is 19.3 Å². The van der Waals surface area contributed by atoms with Crippen LogP contribution in [-0.2, 0) is 11.2 Å². The average Bonchev–Trinajstić information content (AvgIpc) is 2.38. The fourth-order valence-corrected chi connectivity index (χ4v) is 2.53. The van der Waals surface area contributed by atoms with Crippen LogP contribution < -0.4 is 11.5 Å². The zero-order chi connectivity index (χ0) is 13.0. The van der Waals surface area contributed by atoms with Gasteiger partial charge in [-0.3, -0.25) is 4.79 Å². The fourth-order valence-electron chi connectivity index (χ4n) is 2.53. The summed E-state index contributed by atoms with van der Waals surface area (Å²) in [7, 11) is 0. The van der Waals surface area contributed by atoms with Crippen LogP contribution in [0.4, 0.5) is 5.69 Å². The number of amides is 1. The predicted octanol–water partition coefficient (Wildman–Crippen LogP) is 1.01. The van der Waals surface area contributed by atoms with Crippen LogP contribution in [0, 0.1) is 5.92 Å². The minimum atomic E-state index is -0.168. The Morgan fingerprint density at radius 2 is 2.17 bits per heavy atom. The molecule has 2 rings (SSSR count). The zero-order valence-corrected chi connectivity index (χ0v) is 10.6. The lowest BCUT2D eigenvalue weighted by Crippen LogP contribution is -2.41. The summed E-state index contributed by atoms with van der Waals surface area (Å²) in [4.78, 5) is 13.5. The standard InChI is InChI=1S/C14H21N3O/c15-13-6-2-1-4-11(13)7-9-17-8-3-5-12(10-17)14(16)18/h1-2,4,6,12H,3,5,7-10,15H2,(H2,16,18). The van der Waals surface area contributed by atoms with Crippen LogP contribution in [0.2, 0.25) is 0 Å². The Morgan fingerprint density at radius 1 is 1.39 bits per heavy atom. The van der Waals surface area contributed by atoms with Gasteiger partial charge in [-0.05, 0) is 37.4 Å². The van der Waals surface area contributed by atoms with Crippen LogP contribution in [0.1, 0.15) is 18.4 Å². The van der Waals surface area contributed by atoms with Gasteiger partial charge in [0.05, 0.1) is 5.92 Å². The monoisotopic (exact) mass is 247 g/mol. The number of nitrogen functional groups attached to an aromatic ring is 1. The highest BCUT2D eigenvalue weighted by Gasteiger charge is 2.23. The van der Waals surface area contributed by atoms with Gasteiger partial charge in [0.2, 0.25) is 5.91 Å². The van der Waals surface area contributed by atoms with Crippen LogP contribution >= 0.6 is 0 Å². The van der Waals surface area contributed by atoms with Gasteiger partial charge in [0.25, 0.3) is 0 Å². The van der Waals surface area contributed by atoms with Crippen molar-refractivity contribution in [1.29, 1.82) is 0 Å². The van der Waals surface area contributed by atoms with E-state index in [-0.39, 0.29) is 11.8 Å². The molecule has 1 heterocycles. The molecular formula is C14H21N3O. The van der Waals surface area contributed by atoms with Crippen molar-refractivity contribution >= 4 is 11.6 Å². The molecule has 1 fully saturated rings. The van der Waals surface area contributed by atoms with Crippen LogP contribution in [-0.4, -0.2) is 30.4 Å². The van der Waals surface area contributed by atoms with E-state index >= 15 is 0 Å². The van der Waals surface area contributed by atoms with Gasteiger partial charge in [0.1, 0.15) is 0 Å². The Balaban J connectivity index is 1.87. The third-order valence-corrected chi connectivity index (χ3v) is 3.66. The number of anilines is 1. The van der Waals surface area contributed by atoms with Gasteiger partial charge in [-0.15, -0.1) is 0 Å². The Hall–Kier alpha value is -1.55. The summed E-state index contributed by atoms with van der Waals surface area (Å²) in [6.07, 6.45) is 2.91. The maximum Gasteiger partial charge on any atom is 0.221 e.